The first-order valence-corrected chi connectivity index (χ1v) is 6.33. The van der Waals surface area contributed by atoms with Gasteiger partial charge in [-0.05, 0) is 44.0 Å². The SMILES string of the molecule is COc1ccc(CN2CCCC=CC2C)cc1. The van der Waals surface area contributed by atoms with Crippen molar-refractivity contribution >= 4 is 0 Å². The lowest BCUT2D eigenvalue weighted by atomic mass is 10.1. The summed E-state index contributed by atoms with van der Waals surface area (Å²) in [5.74, 6) is 0.928. The van der Waals surface area contributed by atoms with Crippen molar-refractivity contribution in [3.05, 3.63) is 42.0 Å². The molecule has 1 aromatic carbocycles. The van der Waals surface area contributed by atoms with E-state index in [-0.39, 0.29) is 0 Å². The molecule has 1 aliphatic heterocycles. The van der Waals surface area contributed by atoms with E-state index in [1.54, 1.807) is 7.11 Å². The average Bonchev–Trinajstić information content (AvgIpc) is 2.56. The molecule has 0 bridgehead atoms. The molecule has 0 N–H and O–H groups in total. The van der Waals surface area contributed by atoms with Crippen molar-refractivity contribution in [1.29, 1.82) is 0 Å². The molecular formula is C15H21NO. The molecule has 0 saturated carbocycles. The topological polar surface area (TPSA) is 12.5 Å². The number of benzene rings is 1. The lowest BCUT2D eigenvalue weighted by molar-refractivity contribution is 0.235. The number of rotatable bonds is 3. The Morgan fingerprint density at radius 2 is 2.06 bits per heavy atom. The predicted octanol–water partition coefficient (Wildman–Crippen LogP) is 3.24. The number of methoxy groups -OCH3 is 1. The zero-order valence-corrected chi connectivity index (χ0v) is 10.7. The van der Waals surface area contributed by atoms with Gasteiger partial charge in [0.2, 0.25) is 0 Å². The predicted molar refractivity (Wildman–Crippen MR) is 71.2 cm³/mol. The molecule has 0 spiro atoms. The molecule has 1 atom stereocenters. The fourth-order valence-corrected chi connectivity index (χ4v) is 2.22. The van der Waals surface area contributed by atoms with Crippen LogP contribution in [0.4, 0.5) is 0 Å². The Morgan fingerprint density at radius 1 is 1.29 bits per heavy atom. The van der Waals surface area contributed by atoms with E-state index in [2.05, 4.69) is 36.1 Å². The first-order valence-electron chi connectivity index (χ1n) is 6.33. The van der Waals surface area contributed by atoms with Crippen LogP contribution in [0.2, 0.25) is 0 Å². The van der Waals surface area contributed by atoms with Gasteiger partial charge in [-0.1, -0.05) is 24.3 Å². The zero-order chi connectivity index (χ0) is 12.1. The summed E-state index contributed by atoms with van der Waals surface area (Å²) >= 11 is 0. The molecule has 0 aliphatic carbocycles. The van der Waals surface area contributed by atoms with Crippen LogP contribution in [0.5, 0.6) is 5.75 Å². The van der Waals surface area contributed by atoms with Crippen LogP contribution < -0.4 is 4.74 Å². The summed E-state index contributed by atoms with van der Waals surface area (Å²) in [6.07, 6.45) is 7.09. The smallest absolute Gasteiger partial charge is 0.118 e. The van der Waals surface area contributed by atoms with Gasteiger partial charge in [-0.2, -0.15) is 0 Å². The molecule has 0 radical (unpaired) electrons. The summed E-state index contributed by atoms with van der Waals surface area (Å²) in [6.45, 7) is 4.47. The van der Waals surface area contributed by atoms with Gasteiger partial charge in [0.1, 0.15) is 5.75 Å². The van der Waals surface area contributed by atoms with E-state index in [0.717, 1.165) is 12.3 Å². The maximum atomic E-state index is 5.18. The van der Waals surface area contributed by atoms with Gasteiger partial charge in [0.15, 0.2) is 0 Å². The summed E-state index contributed by atoms with van der Waals surface area (Å²) in [6, 6.07) is 8.92. The second-order valence-corrected chi connectivity index (χ2v) is 4.63. The minimum absolute atomic E-state index is 0.541. The van der Waals surface area contributed by atoms with E-state index >= 15 is 0 Å². The van der Waals surface area contributed by atoms with Crippen LogP contribution in [0.25, 0.3) is 0 Å². The molecule has 1 aromatic rings. The van der Waals surface area contributed by atoms with Gasteiger partial charge in [-0.15, -0.1) is 0 Å². The highest BCUT2D eigenvalue weighted by Gasteiger charge is 2.13. The molecule has 2 nitrogen and oxygen atoms in total. The third-order valence-corrected chi connectivity index (χ3v) is 3.35. The minimum atomic E-state index is 0.541. The van der Waals surface area contributed by atoms with Crippen molar-refractivity contribution in [3.8, 4) is 5.75 Å². The number of hydrogen-bond acceptors (Lipinski definition) is 2. The fourth-order valence-electron chi connectivity index (χ4n) is 2.22. The normalized spacial score (nSPS) is 21.2. The molecule has 1 unspecified atom stereocenters. The summed E-state index contributed by atoms with van der Waals surface area (Å²) in [5.41, 5.74) is 1.35. The average molecular weight is 231 g/mol. The molecule has 2 rings (SSSR count). The second kappa shape index (κ2) is 5.87. The van der Waals surface area contributed by atoms with Gasteiger partial charge in [-0.3, -0.25) is 4.90 Å². The van der Waals surface area contributed by atoms with Gasteiger partial charge in [-0.25, -0.2) is 0 Å². The first kappa shape index (κ1) is 12.2. The summed E-state index contributed by atoms with van der Waals surface area (Å²) < 4.78 is 5.18. The molecule has 0 fully saturated rings. The van der Waals surface area contributed by atoms with Crippen molar-refractivity contribution in [1.82, 2.24) is 4.90 Å². The molecule has 0 amide bonds. The number of allylic oxidation sites excluding steroid dienone is 1. The Morgan fingerprint density at radius 3 is 2.76 bits per heavy atom. The Labute approximate surface area is 104 Å². The number of hydrogen-bond donors (Lipinski definition) is 0. The molecule has 17 heavy (non-hydrogen) atoms. The highest BCUT2D eigenvalue weighted by molar-refractivity contribution is 5.27. The summed E-state index contributed by atoms with van der Waals surface area (Å²) in [4.78, 5) is 2.52. The van der Waals surface area contributed by atoms with E-state index in [9.17, 15) is 0 Å². The van der Waals surface area contributed by atoms with Gasteiger partial charge < -0.3 is 4.74 Å². The summed E-state index contributed by atoms with van der Waals surface area (Å²) in [7, 11) is 1.71. The van der Waals surface area contributed by atoms with Crippen LogP contribution in [0, 0.1) is 0 Å². The van der Waals surface area contributed by atoms with Gasteiger partial charge in [0.05, 0.1) is 7.11 Å². The molecule has 92 valence electrons. The van der Waals surface area contributed by atoms with Crippen molar-refractivity contribution in [2.45, 2.75) is 32.4 Å². The van der Waals surface area contributed by atoms with E-state index in [4.69, 9.17) is 4.74 Å². The molecule has 1 aliphatic rings. The quantitative estimate of drug-likeness (QED) is 0.740. The largest absolute Gasteiger partial charge is 0.497 e. The Bertz CT molecular complexity index is 369. The van der Waals surface area contributed by atoms with Crippen LogP contribution in [0.1, 0.15) is 25.3 Å². The molecule has 1 heterocycles. The molecule has 0 aromatic heterocycles. The van der Waals surface area contributed by atoms with Crippen molar-refractivity contribution in [2.24, 2.45) is 0 Å². The Kier molecular flexibility index (Phi) is 4.21. The summed E-state index contributed by atoms with van der Waals surface area (Å²) in [5, 5.41) is 0. The third kappa shape index (κ3) is 3.34. The lowest BCUT2D eigenvalue weighted by Crippen LogP contribution is -2.31. The van der Waals surface area contributed by atoms with E-state index in [1.807, 2.05) is 12.1 Å². The Balaban J connectivity index is 2.01. The number of nitrogens with zero attached hydrogens (tertiary/aromatic N) is 1. The third-order valence-electron chi connectivity index (χ3n) is 3.35. The highest BCUT2D eigenvalue weighted by Crippen LogP contribution is 2.16. The maximum absolute atomic E-state index is 5.18. The highest BCUT2D eigenvalue weighted by atomic mass is 16.5. The van der Waals surface area contributed by atoms with E-state index in [0.29, 0.717) is 6.04 Å². The number of ether oxygens (including phenoxy) is 1. The van der Waals surface area contributed by atoms with Crippen LogP contribution in [-0.4, -0.2) is 24.6 Å². The maximum Gasteiger partial charge on any atom is 0.118 e. The zero-order valence-electron chi connectivity index (χ0n) is 10.7. The van der Waals surface area contributed by atoms with E-state index in [1.165, 1.54) is 24.9 Å². The van der Waals surface area contributed by atoms with Crippen molar-refractivity contribution < 1.29 is 4.74 Å². The molecular weight excluding hydrogens is 210 g/mol. The standard InChI is InChI=1S/C15H21NO/c1-13-6-4-3-5-11-16(13)12-14-7-9-15(17-2)10-8-14/h4,6-10,13H,3,5,11-12H2,1-2H3. The first-order chi connectivity index (χ1) is 8.29. The minimum Gasteiger partial charge on any atom is -0.497 e. The monoisotopic (exact) mass is 231 g/mol. The van der Waals surface area contributed by atoms with Gasteiger partial charge >= 0.3 is 0 Å². The second-order valence-electron chi connectivity index (χ2n) is 4.63. The Hall–Kier alpha value is -1.28. The van der Waals surface area contributed by atoms with Crippen molar-refractivity contribution in [3.63, 3.8) is 0 Å². The van der Waals surface area contributed by atoms with Crippen LogP contribution in [0.15, 0.2) is 36.4 Å². The van der Waals surface area contributed by atoms with E-state index < -0.39 is 0 Å². The van der Waals surface area contributed by atoms with Gasteiger partial charge in [0, 0.05) is 12.6 Å². The van der Waals surface area contributed by atoms with Crippen LogP contribution >= 0.6 is 0 Å². The molecule has 0 saturated heterocycles. The fraction of sp³-hybridized carbons (Fsp3) is 0.467. The van der Waals surface area contributed by atoms with Crippen molar-refractivity contribution in [2.75, 3.05) is 13.7 Å². The van der Waals surface area contributed by atoms with Gasteiger partial charge in [0.25, 0.3) is 0 Å². The van der Waals surface area contributed by atoms with Crippen LogP contribution in [-0.2, 0) is 6.54 Å². The lowest BCUT2D eigenvalue weighted by Gasteiger charge is -2.25. The van der Waals surface area contributed by atoms with Crippen LogP contribution in [0.3, 0.4) is 0 Å². The molecule has 2 heteroatoms.